The van der Waals surface area contributed by atoms with Gasteiger partial charge in [0.1, 0.15) is 17.3 Å². The van der Waals surface area contributed by atoms with E-state index in [4.69, 9.17) is 14.5 Å². The van der Waals surface area contributed by atoms with E-state index in [-0.39, 0.29) is 28.7 Å². The zero-order chi connectivity index (χ0) is 24.5. The lowest BCUT2D eigenvalue weighted by molar-refractivity contribution is -0.536. The molecule has 0 aromatic heterocycles. The Morgan fingerprint density at radius 2 is 1.68 bits per heavy atom. The van der Waals surface area contributed by atoms with E-state index in [2.05, 4.69) is 53.7 Å². The van der Waals surface area contributed by atoms with Crippen molar-refractivity contribution in [3.8, 4) is 0 Å². The molecule has 2 bridgehead atoms. The molecule has 0 aromatic rings. The molecule has 2 spiro atoms. The van der Waals surface area contributed by atoms with E-state index in [0.717, 1.165) is 32.1 Å². The Balaban J connectivity index is 1.39. The van der Waals surface area contributed by atoms with Gasteiger partial charge >= 0.3 is 5.97 Å². The number of carbonyl (C=O) groups is 1. The second kappa shape index (κ2) is 8.33. The number of ether oxygens (including phenoxy) is 1. The normalized spacial score (nSPS) is 49.4. The molecule has 10 atom stereocenters. The van der Waals surface area contributed by atoms with Gasteiger partial charge in [0.05, 0.1) is 0 Å². The van der Waals surface area contributed by atoms with E-state index in [9.17, 15) is 4.79 Å². The highest BCUT2D eigenvalue weighted by Gasteiger charge is 2.76. The Kier molecular flexibility index (Phi) is 6.08. The summed E-state index contributed by atoms with van der Waals surface area (Å²) in [6.45, 7) is 16.0. The van der Waals surface area contributed by atoms with E-state index >= 15 is 0 Å². The van der Waals surface area contributed by atoms with Crippen LogP contribution >= 0.6 is 0 Å². The number of rotatable bonds is 5. The zero-order valence-electron chi connectivity index (χ0n) is 22.7. The fraction of sp³-hybridized carbons (Fsp3) is 0.900. The smallest absolute Gasteiger partial charge is 0.302 e. The third kappa shape index (κ3) is 3.40. The molecule has 4 aliphatic carbocycles. The first-order chi connectivity index (χ1) is 16.0. The quantitative estimate of drug-likeness (QED) is 0.240. The lowest BCUT2D eigenvalue weighted by atomic mass is 9.40. The van der Waals surface area contributed by atoms with Crippen molar-refractivity contribution in [3.63, 3.8) is 0 Å². The van der Waals surface area contributed by atoms with Gasteiger partial charge in [-0.1, -0.05) is 53.7 Å². The Hall–Kier alpha value is -0.870. The largest absolute Gasteiger partial charge is 0.462 e. The van der Waals surface area contributed by atoms with Crippen LogP contribution in [0.2, 0.25) is 0 Å². The van der Waals surface area contributed by atoms with E-state index in [0.29, 0.717) is 40.9 Å². The molecule has 0 unspecified atom stereocenters. The number of esters is 1. The SMILES string of the molecule is CC(=O)O[C@@H]1CC[C@]2(C)[C@@H]3CC[C@@]4(C)[C@@H](CC[C@H]4[C@H](C)/C=C/[C@H](C)C(C)C)[C@@]34CC[C@]2(C1)OO4. The van der Waals surface area contributed by atoms with Crippen molar-refractivity contribution in [3.05, 3.63) is 12.2 Å². The van der Waals surface area contributed by atoms with Gasteiger partial charge in [0.15, 0.2) is 0 Å². The molecule has 6 fully saturated rings. The molecule has 192 valence electrons. The Bertz CT molecular complexity index is 824. The molecule has 0 N–H and O–H groups in total. The van der Waals surface area contributed by atoms with Crippen LogP contribution in [-0.4, -0.2) is 23.3 Å². The van der Waals surface area contributed by atoms with Crippen LogP contribution in [0.25, 0.3) is 0 Å². The highest BCUT2D eigenvalue weighted by Crippen LogP contribution is 2.74. The van der Waals surface area contributed by atoms with Gasteiger partial charge in [-0.2, -0.15) is 0 Å². The molecule has 2 aliphatic heterocycles. The van der Waals surface area contributed by atoms with Crippen LogP contribution < -0.4 is 0 Å². The lowest BCUT2D eigenvalue weighted by Gasteiger charge is -2.72. The summed E-state index contributed by atoms with van der Waals surface area (Å²) >= 11 is 0. The fourth-order valence-electron chi connectivity index (χ4n) is 9.63. The second-order valence-electron chi connectivity index (χ2n) is 13.7. The zero-order valence-corrected chi connectivity index (χ0v) is 22.7. The molecule has 34 heavy (non-hydrogen) atoms. The van der Waals surface area contributed by atoms with Gasteiger partial charge in [0, 0.05) is 18.8 Å². The van der Waals surface area contributed by atoms with Gasteiger partial charge in [0.25, 0.3) is 0 Å². The van der Waals surface area contributed by atoms with Gasteiger partial charge in [-0.25, -0.2) is 9.78 Å². The first-order valence-electron chi connectivity index (χ1n) is 14.2. The lowest BCUT2D eigenvalue weighted by Crippen LogP contribution is -2.75. The minimum Gasteiger partial charge on any atom is -0.462 e. The first-order valence-corrected chi connectivity index (χ1v) is 14.2. The van der Waals surface area contributed by atoms with Crippen molar-refractivity contribution in [1.82, 2.24) is 0 Å². The summed E-state index contributed by atoms with van der Waals surface area (Å²) in [5, 5.41) is 0. The Labute approximate surface area is 207 Å². The van der Waals surface area contributed by atoms with Crippen molar-refractivity contribution < 1.29 is 19.3 Å². The maximum absolute atomic E-state index is 11.6. The van der Waals surface area contributed by atoms with E-state index in [1.54, 1.807) is 0 Å². The van der Waals surface area contributed by atoms with Crippen molar-refractivity contribution in [2.75, 3.05) is 0 Å². The van der Waals surface area contributed by atoms with Gasteiger partial charge in [0.2, 0.25) is 0 Å². The topological polar surface area (TPSA) is 44.8 Å². The van der Waals surface area contributed by atoms with Crippen LogP contribution in [-0.2, 0) is 19.3 Å². The van der Waals surface area contributed by atoms with Crippen molar-refractivity contribution in [1.29, 1.82) is 0 Å². The number of hydrogen-bond acceptors (Lipinski definition) is 4. The Morgan fingerprint density at radius 3 is 2.32 bits per heavy atom. The molecule has 0 amide bonds. The van der Waals surface area contributed by atoms with E-state index in [1.807, 2.05) is 0 Å². The van der Waals surface area contributed by atoms with Crippen LogP contribution in [0.4, 0.5) is 0 Å². The molecule has 2 heterocycles. The number of allylic oxidation sites excluding steroid dienone is 2. The molecule has 4 heteroatoms. The minimum atomic E-state index is -0.299. The maximum atomic E-state index is 11.6. The third-order valence-corrected chi connectivity index (χ3v) is 11.9. The molecule has 0 radical (unpaired) electrons. The number of carbonyl (C=O) groups excluding carboxylic acids is 1. The van der Waals surface area contributed by atoms with Crippen LogP contribution in [0, 0.1) is 46.3 Å². The van der Waals surface area contributed by atoms with Crippen molar-refractivity contribution >= 4 is 5.97 Å². The highest BCUT2D eigenvalue weighted by molar-refractivity contribution is 5.66. The predicted molar refractivity (Wildman–Crippen MR) is 134 cm³/mol. The maximum Gasteiger partial charge on any atom is 0.302 e. The van der Waals surface area contributed by atoms with Gasteiger partial charge in [-0.05, 0) is 92.3 Å². The standard InChI is InChI=1S/C30H48O4/c1-19(2)20(3)8-9-21(4)24-10-11-25-27(24,6)14-13-26-28(7)15-12-23(32-22(5)31)18-29(28)16-17-30(25,26)34-33-29/h8-9,19-21,23-26H,10-18H2,1-7H3/b9-8+/t20-,21+,23+,24-,25+,26-,27+,28+,29+,30-/m0/s1. The molecule has 0 aromatic carbocycles. The van der Waals surface area contributed by atoms with Crippen LogP contribution in [0.1, 0.15) is 106 Å². The molecule has 4 nitrogen and oxygen atoms in total. The summed E-state index contributed by atoms with van der Waals surface area (Å²) in [6, 6.07) is 0. The van der Waals surface area contributed by atoms with Crippen LogP contribution in [0.5, 0.6) is 0 Å². The summed E-state index contributed by atoms with van der Waals surface area (Å²) < 4.78 is 5.66. The first kappa shape index (κ1) is 24.8. The molecule has 6 rings (SSSR count). The van der Waals surface area contributed by atoms with Crippen molar-refractivity contribution in [2.24, 2.45) is 46.3 Å². The van der Waals surface area contributed by atoms with Crippen molar-refractivity contribution in [2.45, 2.75) is 124 Å². The van der Waals surface area contributed by atoms with E-state index < -0.39 is 0 Å². The number of hydrogen-bond donors (Lipinski definition) is 0. The molecular weight excluding hydrogens is 424 g/mol. The summed E-state index contributed by atoms with van der Waals surface area (Å²) in [5.41, 5.74) is -0.0150. The molecule has 6 aliphatic rings. The molecular formula is C30H48O4. The summed E-state index contributed by atoms with van der Waals surface area (Å²) in [7, 11) is 0. The highest BCUT2D eigenvalue weighted by atomic mass is 17.2. The van der Waals surface area contributed by atoms with Crippen LogP contribution in [0.15, 0.2) is 12.2 Å². The van der Waals surface area contributed by atoms with E-state index in [1.165, 1.54) is 32.6 Å². The number of fused-ring (bicyclic) bond motifs is 3. The van der Waals surface area contributed by atoms with Gasteiger partial charge in [-0.3, -0.25) is 4.79 Å². The van der Waals surface area contributed by atoms with Gasteiger partial charge in [-0.15, -0.1) is 0 Å². The average molecular weight is 473 g/mol. The Morgan fingerprint density at radius 1 is 0.912 bits per heavy atom. The summed E-state index contributed by atoms with van der Waals surface area (Å²) in [4.78, 5) is 24.8. The summed E-state index contributed by atoms with van der Waals surface area (Å²) in [5.74, 6) is 3.58. The minimum absolute atomic E-state index is 0.0367. The fourth-order valence-corrected chi connectivity index (χ4v) is 9.63. The van der Waals surface area contributed by atoms with Gasteiger partial charge < -0.3 is 4.74 Å². The predicted octanol–water partition coefficient (Wildman–Crippen LogP) is 7.27. The summed E-state index contributed by atoms with van der Waals surface area (Å²) in [6.07, 6.45) is 15.0. The third-order valence-electron chi connectivity index (χ3n) is 11.9. The molecule has 2 saturated heterocycles. The van der Waals surface area contributed by atoms with Crippen LogP contribution in [0.3, 0.4) is 0 Å². The average Bonchev–Trinajstić information content (AvgIpc) is 3.14. The second-order valence-corrected chi connectivity index (χ2v) is 13.7. The molecule has 4 saturated carbocycles. The monoisotopic (exact) mass is 472 g/mol.